The van der Waals surface area contributed by atoms with E-state index in [1.807, 2.05) is 6.07 Å². The highest BCUT2D eigenvalue weighted by atomic mass is 16.5. The molecule has 0 radical (unpaired) electrons. The fourth-order valence-corrected chi connectivity index (χ4v) is 2.09. The summed E-state index contributed by atoms with van der Waals surface area (Å²) >= 11 is 0. The minimum atomic E-state index is 0.767. The first-order chi connectivity index (χ1) is 9.12. The summed E-state index contributed by atoms with van der Waals surface area (Å²) in [6.45, 7) is 4.84. The minimum absolute atomic E-state index is 0.767. The van der Waals surface area contributed by atoms with Gasteiger partial charge in [-0.15, -0.1) is 0 Å². The molecule has 0 saturated heterocycles. The Bertz CT molecular complexity index is 394. The average molecular weight is 266 g/mol. The molecule has 0 heterocycles. The van der Waals surface area contributed by atoms with Gasteiger partial charge in [-0.3, -0.25) is 0 Å². The Morgan fingerprint density at radius 3 is 2.32 bits per heavy atom. The van der Waals surface area contributed by atoms with Crippen LogP contribution in [-0.4, -0.2) is 39.3 Å². The number of ether oxygens (including phenoxy) is 2. The molecular weight excluding hydrogens is 240 g/mol. The lowest BCUT2D eigenvalue weighted by molar-refractivity contribution is 0.316. The summed E-state index contributed by atoms with van der Waals surface area (Å²) in [5.74, 6) is 1.58. The van der Waals surface area contributed by atoms with Gasteiger partial charge in [0.25, 0.3) is 0 Å². The van der Waals surface area contributed by atoms with Gasteiger partial charge in [0.2, 0.25) is 0 Å². The van der Waals surface area contributed by atoms with E-state index in [-0.39, 0.29) is 0 Å². The highest BCUT2D eigenvalue weighted by Crippen LogP contribution is 2.30. The number of hydrogen-bond donors (Lipinski definition) is 1. The van der Waals surface area contributed by atoms with Gasteiger partial charge in [0.1, 0.15) is 0 Å². The molecule has 0 saturated carbocycles. The first-order valence-corrected chi connectivity index (χ1v) is 6.72. The Balaban J connectivity index is 2.72. The van der Waals surface area contributed by atoms with Crippen molar-refractivity contribution in [2.24, 2.45) is 5.73 Å². The van der Waals surface area contributed by atoms with E-state index >= 15 is 0 Å². The smallest absolute Gasteiger partial charge is 0.161 e. The van der Waals surface area contributed by atoms with Gasteiger partial charge in [0, 0.05) is 6.54 Å². The van der Waals surface area contributed by atoms with E-state index in [1.54, 1.807) is 14.2 Å². The summed E-state index contributed by atoms with van der Waals surface area (Å²) in [5, 5.41) is 0. The Hall–Kier alpha value is -1.26. The summed E-state index contributed by atoms with van der Waals surface area (Å²) in [5.41, 5.74) is 8.01. The van der Waals surface area contributed by atoms with E-state index < -0.39 is 0 Å². The summed E-state index contributed by atoms with van der Waals surface area (Å²) < 4.78 is 10.7. The standard InChI is InChI=1S/C15H26N2O2/c1-12-9-14(18-3)15(19-4)10-13(12)11-17(2)8-6-5-7-16/h9-10H,5-8,11,16H2,1-4H3. The summed E-state index contributed by atoms with van der Waals surface area (Å²) in [6, 6.07) is 4.09. The van der Waals surface area contributed by atoms with Crippen LogP contribution in [-0.2, 0) is 6.54 Å². The maximum atomic E-state index is 5.51. The van der Waals surface area contributed by atoms with Crippen molar-refractivity contribution in [1.82, 2.24) is 4.90 Å². The Labute approximate surface area is 116 Å². The molecule has 0 spiro atoms. The highest BCUT2D eigenvalue weighted by Gasteiger charge is 2.10. The van der Waals surface area contributed by atoms with Crippen LogP contribution in [0.3, 0.4) is 0 Å². The second-order valence-electron chi connectivity index (χ2n) is 4.87. The maximum absolute atomic E-state index is 5.51. The Morgan fingerprint density at radius 2 is 1.74 bits per heavy atom. The van der Waals surface area contributed by atoms with Gasteiger partial charge >= 0.3 is 0 Å². The van der Waals surface area contributed by atoms with Gasteiger partial charge in [0.05, 0.1) is 14.2 Å². The first-order valence-electron chi connectivity index (χ1n) is 6.72. The second-order valence-corrected chi connectivity index (χ2v) is 4.87. The predicted molar refractivity (Wildman–Crippen MR) is 78.9 cm³/mol. The predicted octanol–water partition coefficient (Wildman–Crippen LogP) is 2.18. The van der Waals surface area contributed by atoms with Crippen LogP contribution in [0.1, 0.15) is 24.0 Å². The zero-order valence-electron chi connectivity index (χ0n) is 12.5. The molecule has 0 atom stereocenters. The molecule has 4 heteroatoms. The SMILES string of the molecule is COc1cc(C)c(CN(C)CCCCN)cc1OC. The minimum Gasteiger partial charge on any atom is -0.493 e. The molecule has 0 aromatic heterocycles. The summed E-state index contributed by atoms with van der Waals surface area (Å²) in [4.78, 5) is 2.31. The molecule has 0 aliphatic carbocycles. The normalized spacial score (nSPS) is 10.8. The molecule has 0 unspecified atom stereocenters. The molecule has 1 rings (SSSR count). The Kier molecular flexibility index (Phi) is 6.67. The molecule has 1 aromatic rings. The van der Waals surface area contributed by atoms with Gasteiger partial charge in [-0.2, -0.15) is 0 Å². The van der Waals surface area contributed by atoms with Crippen LogP contribution in [0.15, 0.2) is 12.1 Å². The zero-order chi connectivity index (χ0) is 14.3. The number of methoxy groups -OCH3 is 2. The van der Waals surface area contributed by atoms with Gasteiger partial charge in [-0.1, -0.05) is 0 Å². The molecule has 0 aliphatic rings. The van der Waals surface area contributed by atoms with Crippen molar-refractivity contribution < 1.29 is 9.47 Å². The fraction of sp³-hybridized carbons (Fsp3) is 0.600. The molecule has 4 nitrogen and oxygen atoms in total. The van der Waals surface area contributed by atoms with Crippen molar-refractivity contribution in [3.63, 3.8) is 0 Å². The van der Waals surface area contributed by atoms with Crippen LogP contribution in [0.5, 0.6) is 11.5 Å². The van der Waals surface area contributed by atoms with E-state index in [0.717, 1.165) is 44.0 Å². The van der Waals surface area contributed by atoms with Gasteiger partial charge in [-0.25, -0.2) is 0 Å². The number of aryl methyl sites for hydroxylation is 1. The molecule has 0 bridgehead atoms. The van der Waals surface area contributed by atoms with Gasteiger partial charge in [-0.05, 0) is 63.2 Å². The van der Waals surface area contributed by atoms with Gasteiger partial charge < -0.3 is 20.1 Å². The lowest BCUT2D eigenvalue weighted by atomic mass is 10.1. The van der Waals surface area contributed by atoms with E-state index in [1.165, 1.54) is 11.1 Å². The molecule has 108 valence electrons. The van der Waals surface area contributed by atoms with Crippen molar-refractivity contribution >= 4 is 0 Å². The number of nitrogens with zero attached hydrogens (tertiary/aromatic N) is 1. The number of nitrogens with two attached hydrogens (primary N) is 1. The number of unbranched alkanes of at least 4 members (excludes halogenated alkanes) is 1. The van der Waals surface area contributed by atoms with Crippen molar-refractivity contribution in [3.8, 4) is 11.5 Å². The lowest BCUT2D eigenvalue weighted by Gasteiger charge is -2.19. The largest absolute Gasteiger partial charge is 0.493 e. The van der Waals surface area contributed by atoms with E-state index in [9.17, 15) is 0 Å². The Morgan fingerprint density at radius 1 is 1.11 bits per heavy atom. The highest BCUT2D eigenvalue weighted by molar-refractivity contribution is 5.46. The van der Waals surface area contributed by atoms with Crippen LogP contribution < -0.4 is 15.2 Å². The van der Waals surface area contributed by atoms with Crippen molar-refractivity contribution in [2.45, 2.75) is 26.3 Å². The average Bonchev–Trinajstić information content (AvgIpc) is 2.40. The van der Waals surface area contributed by atoms with Crippen LogP contribution >= 0.6 is 0 Å². The molecule has 1 aromatic carbocycles. The zero-order valence-corrected chi connectivity index (χ0v) is 12.5. The number of rotatable bonds is 8. The second kappa shape index (κ2) is 8.02. The third-order valence-corrected chi connectivity index (χ3v) is 3.28. The first kappa shape index (κ1) is 15.8. The third kappa shape index (κ3) is 4.73. The van der Waals surface area contributed by atoms with E-state index in [4.69, 9.17) is 15.2 Å². The van der Waals surface area contributed by atoms with Crippen LogP contribution in [0.2, 0.25) is 0 Å². The third-order valence-electron chi connectivity index (χ3n) is 3.28. The molecule has 0 amide bonds. The fourth-order valence-electron chi connectivity index (χ4n) is 2.09. The molecule has 19 heavy (non-hydrogen) atoms. The molecule has 0 aliphatic heterocycles. The van der Waals surface area contributed by atoms with Crippen LogP contribution in [0.4, 0.5) is 0 Å². The van der Waals surface area contributed by atoms with Crippen LogP contribution in [0, 0.1) is 6.92 Å². The van der Waals surface area contributed by atoms with Crippen molar-refractivity contribution in [3.05, 3.63) is 23.3 Å². The van der Waals surface area contributed by atoms with Crippen molar-refractivity contribution in [2.75, 3.05) is 34.4 Å². The topological polar surface area (TPSA) is 47.7 Å². The quantitative estimate of drug-likeness (QED) is 0.733. The number of benzene rings is 1. The van der Waals surface area contributed by atoms with E-state index in [2.05, 4.69) is 24.9 Å². The molecular formula is C15H26N2O2. The number of hydrogen-bond acceptors (Lipinski definition) is 4. The molecule has 2 N–H and O–H groups in total. The molecule has 0 fully saturated rings. The monoisotopic (exact) mass is 266 g/mol. The van der Waals surface area contributed by atoms with Gasteiger partial charge in [0.15, 0.2) is 11.5 Å². The van der Waals surface area contributed by atoms with Crippen LogP contribution in [0.25, 0.3) is 0 Å². The van der Waals surface area contributed by atoms with E-state index in [0.29, 0.717) is 0 Å². The summed E-state index contributed by atoms with van der Waals surface area (Å²) in [6.07, 6.45) is 2.22. The maximum Gasteiger partial charge on any atom is 0.161 e. The lowest BCUT2D eigenvalue weighted by Crippen LogP contribution is -2.20. The van der Waals surface area contributed by atoms with Crippen molar-refractivity contribution in [1.29, 1.82) is 0 Å². The summed E-state index contributed by atoms with van der Waals surface area (Å²) in [7, 11) is 5.46.